The molecular weight excluding hydrogens is 338 g/mol. The summed E-state index contributed by atoms with van der Waals surface area (Å²) in [5, 5.41) is 10.2. The van der Waals surface area contributed by atoms with Crippen LogP contribution in [0.3, 0.4) is 0 Å². The second kappa shape index (κ2) is 4.96. The Kier molecular flexibility index (Phi) is 2.54. The standard InChI is InChI=1S/C27H15N/c1-2-7-19-17(5-1)18-6-3-4-8-21(18)26-22-11-12-23-20(24(22)15-25(19)26)10-9-16-13-14-28-27(16)23/h1-15H. The quantitative estimate of drug-likeness (QED) is 0.317. The van der Waals surface area contributed by atoms with Gasteiger partial charge in [-0.15, -0.1) is 0 Å². The fourth-order valence-electron chi connectivity index (χ4n) is 5.03. The third kappa shape index (κ3) is 1.65. The number of hydrogen-bond acceptors (Lipinski definition) is 1. The Morgan fingerprint density at radius 2 is 1.29 bits per heavy atom. The maximum absolute atomic E-state index is 4.61. The summed E-state index contributed by atoms with van der Waals surface area (Å²) in [5.74, 6) is 0. The van der Waals surface area contributed by atoms with Crippen molar-refractivity contribution in [2.24, 2.45) is 4.99 Å². The molecule has 0 radical (unpaired) electrons. The maximum Gasteiger partial charge on any atom is 0.0781 e. The van der Waals surface area contributed by atoms with Crippen molar-refractivity contribution in [1.29, 1.82) is 0 Å². The van der Waals surface area contributed by atoms with Crippen LogP contribution in [0.5, 0.6) is 0 Å². The van der Waals surface area contributed by atoms with E-state index >= 15 is 0 Å². The van der Waals surface area contributed by atoms with Gasteiger partial charge in [0.05, 0.1) is 5.36 Å². The predicted molar refractivity (Wildman–Crippen MR) is 118 cm³/mol. The molecule has 128 valence electrons. The van der Waals surface area contributed by atoms with Crippen LogP contribution in [0.15, 0.2) is 84.0 Å². The number of benzene rings is 5. The summed E-state index contributed by atoms with van der Waals surface area (Å²) in [4.78, 5) is 4.61. The van der Waals surface area contributed by atoms with Crippen LogP contribution < -0.4 is 10.6 Å². The van der Waals surface area contributed by atoms with E-state index in [-0.39, 0.29) is 0 Å². The van der Waals surface area contributed by atoms with E-state index in [2.05, 4.69) is 89.9 Å². The summed E-state index contributed by atoms with van der Waals surface area (Å²) in [6, 6.07) is 26.5. The van der Waals surface area contributed by atoms with Crippen LogP contribution in [-0.4, -0.2) is 0 Å². The van der Waals surface area contributed by atoms with Gasteiger partial charge in [0.2, 0.25) is 0 Å². The van der Waals surface area contributed by atoms with Crippen LogP contribution in [0.2, 0.25) is 0 Å². The largest absolute Gasteiger partial charge is 0.256 e. The molecule has 1 heterocycles. The molecule has 0 amide bonds. The Balaban J connectivity index is 1.73. The molecule has 0 bridgehead atoms. The van der Waals surface area contributed by atoms with Gasteiger partial charge in [0.1, 0.15) is 0 Å². The van der Waals surface area contributed by atoms with Gasteiger partial charge in [-0.25, -0.2) is 0 Å². The molecule has 0 N–H and O–H groups in total. The highest BCUT2D eigenvalue weighted by Gasteiger charge is 2.21. The van der Waals surface area contributed by atoms with E-state index in [1.54, 1.807) is 0 Å². The van der Waals surface area contributed by atoms with Crippen LogP contribution >= 0.6 is 0 Å². The second-order valence-corrected chi connectivity index (χ2v) is 7.59. The van der Waals surface area contributed by atoms with E-state index in [4.69, 9.17) is 0 Å². The Bertz CT molecular complexity index is 1650. The third-order valence-electron chi connectivity index (χ3n) is 6.23. The lowest BCUT2D eigenvalue weighted by atomic mass is 9.91. The molecule has 28 heavy (non-hydrogen) atoms. The molecule has 0 saturated heterocycles. The maximum atomic E-state index is 4.61. The number of hydrogen-bond donors (Lipinski definition) is 0. The van der Waals surface area contributed by atoms with Gasteiger partial charge in [-0.05, 0) is 61.0 Å². The van der Waals surface area contributed by atoms with Gasteiger partial charge in [-0.3, -0.25) is 4.99 Å². The molecule has 0 unspecified atom stereocenters. The Morgan fingerprint density at radius 3 is 2.14 bits per heavy atom. The first-order chi connectivity index (χ1) is 13.9. The van der Waals surface area contributed by atoms with E-state index in [0.717, 1.165) is 5.36 Å². The van der Waals surface area contributed by atoms with E-state index in [9.17, 15) is 0 Å². The average molecular weight is 353 g/mol. The van der Waals surface area contributed by atoms with Crippen LogP contribution in [-0.2, 0) is 0 Å². The first-order valence-electron chi connectivity index (χ1n) is 9.66. The van der Waals surface area contributed by atoms with Crippen molar-refractivity contribution in [1.82, 2.24) is 0 Å². The minimum atomic E-state index is 1.10. The van der Waals surface area contributed by atoms with E-state index < -0.39 is 0 Å². The van der Waals surface area contributed by atoms with Gasteiger partial charge >= 0.3 is 0 Å². The lowest BCUT2D eigenvalue weighted by Crippen LogP contribution is -2.11. The van der Waals surface area contributed by atoms with Crippen molar-refractivity contribution in [2.75, 3.05) is 0 Å². The molecule has 0 spiro atoms. The first-order valence-corrected chi connectivity index (χ1v) is 9.66. The van der Waals surface area contributed by atoms with Crippen molar-refractivity contribution < 1.29 is 0 Å². The summed E-state index contributed by atoms with van der Waals surface area (Å²) in [7, 11) is 0. The smallest absolute Gasteiger partial charge is 0.0781 e. The third-order valence-corrected chi connectivity index (χ3v) is 6.23. The van der Waals surface area contributed by atoms with Crippen LogP contribution in [0, 0.1) is 0 Å². The summed E-state index contributed by atoms with van der Waals surface area (Å²) in [6.45, 7) is 0. The minimum absolute atomic E-state index is 1.10. The minimum Gasteiger partial charge on any atom is -0.256 e. The van der Waals surface area contributed by atoms with Crippen LogP contribution in [0.4, 0.5) is 0 Å². The number of nitrogens with zero attached hydrogens (tertiary/aromatic N) is 1. The highest BCUT2D eigenvalue weighted by atomic mass is 14.7. The molecule has 0 atom stereocenters. The van der Waals surface area contributed by atoms with Crippen molar-refractivity contribution >= 4 is 44.5 Å². The fraction of sp³-hybridized carbons (Fsp3) is 0. The fourth-order valence-corrected chi connectivity index (χ4v) is 5.03. The van der Waals surface area contributed by atoms with Crippen LogP contribution in [0.25, 0.3) is 55.6 Å². The van der Waals surface area contributed by atoms with Gasteiger partial charge < -0.3 is 0 Å². The Labute approximate surface area is 161 Å². The van der Waals surface area contributed by atoms with E-state index in [0.29, 0.717) is 0 Å². The molecule has 2 aliphatic rings. The highest BCUT2D eigenvalue weighted by molar-refractivity contribution is 6.20. The summed E-state index contributed by atoms with van der Waals surface area (Å²) in [5.41, 5.74) is 5.24. The number of rotatable bonds is 0. The normalized spacial score (nSPS) is 13.4. The molecule has 0 fully saturated rings. The molecular formula is C27H15N. The SMILES string of the molecule is C1=Cc2ccc3c4c(ccc3c2=N1)-c1c(c2ccccc2c2ccccc12)C=4. The Morgan fingerprint density at radius 1 is 0.571 bits per heavy atom. The Hall–Kier alpha value is -3.71. The van der Waals surface area contributed by atoms with Gasteiger partial charge in [-0.1, -0.05) is 72.8 Å². The molecule has 5 aromatic rings. The second-order valence-electron chi connectivity index (χ2n) is 7.59. The molecule has 0 saturated carbocycles. The molecule has 0 aromatic heterocycles. The predicted octanol–water partition coefficient (Wildman–Crippen LogP) is 5.56. The zero-order valence-electron chi connectivity index (χ0n) is 15.1. The van der Waals surface area contributed by atoms with Gasteiger partial charge in [0.15, 0.2) is 0 Å². The monoisotopic (exact) mass is 353 g/mol. The topological polar surface area (TPSA) is 12.4 Å². The summed E-state index contributed by atoms with van der Waals surface area (Å²) in [6.07, 6.45) is 6.37. The van der Waals surface area contributed by atoms with Crippen molar-refractivity contribution in [3.05, 3.63) is 101 Å². The zero-order chi connectivity index (χ0) is 18.2. The lowest BCUT2D eigenvalue weighted by molar-refractivity contribution is 1.42. The molecule has 5 aromatic carbocycles. The van der Waals surface area contributed by atoms with Gasteiger partial charge in [0.25, 0.3) is 0 Å². The number of fused-ring (bicyclic) bond motifs is 12. The molecule has 1 aliphatic carbocycles. The van der Waals surface area contributed by atoms with Gasteiger partial charge in [0, 0.05) is 17.1 Å². The average Bonchev–Trinajstić information content (AvgIpc) is 3.38. The van der Waals surface area contributed by atoms with Crippen molar-refractivity contribution in [3.8, 4) is 11.1 Å². The first kappa shape index (κ1) is 14.4. The summed E-state index contributed by atoms with van der Waals surface area (Å²) >= 11 is 0. The highest BCUT2D eigenvalue weighted by Crippen LogP contribution is 2.41. The lowest BCUT2D eigenvalue weighted by Gasteiger charge is -2.12. The molecule has 1 heteroatoms. The van der Waals surface area contributed by atoms with Crippen molar-refractivity contribution in [3.63, 3.8) is 0 Å². The van der Waals surface area contributed by atoms with E-state index in [1.807, 2.05) is 6.20 Å². The van der Waals surface area contributed by atoms with E-state index in [1.165, 1.54) is 59.8 Å². The molecule has 1 aliphatic heterocycles. The zero-order valence-corrected chi connectivity index (χ0v) is 15.1. The molecule has 1 nitrogen and oxygen atoms in total. The van der Waals surface area contributed by atoms with Gasteiger partial charge in [-0.2, -0.15) is 0 Å². The molecule has 7 rings (SSSR count). The van der Waals surface area contributed by atoms with Crippen molar-refractivity contribution in [2.45, 2.75) is 0 Å². The van der Waals surface area contributed by atoms with Crippen LogP contribution in [0.1, 0.15) is 11.1 Å². The summed E-state index contributed by atoms with van der Waals surface area (Å²) < 4.78 is 0.